The van der Waals surface area contributed by atoms with Gasteiger partial charge in [0.2, 0.25) is 0 Å². The monoisotopic (exact) mass is 347 g/mol. The Labute approximate surface area is 154 Å². The normalized spacial score (nSPS) is 11.0. The van der Waals surface area contributed by atoms with Crippen molar-refractivity contribution in [2.24, 2.45) is 0 Å². The second kappa shape index (κ2) is 9.11. The molecule has 3 rings (SSSR count). The summed E-state index contributed by atoms with van der Waals surface area (Å²) in [7, 11) is 0. The fraction of sp³-hybridized carbons (Fsp3) is 0.273. The molecule has 0 spiro atoms. The molecular formula is C22H25N3O. The summed E-state index contributed by atoms with van der Waals surface area (Å²) in [6.45, 7) is 5.73. The van der Waals surface area contributed by atoms with Gasteiger partial charge < -0.3 is 5.32 Å². The van der Waals surface area contributed by atoms with Gasteiger partial charge in [-0.3, -0.25) is 14.7 Å². The third kappa shape index (κ3) is 4.67. The van der Waals surface area contributed by atoms with E-state index in [9.17, 15) is 4.79 Å². The zero-order chi connectivity index (χ0) is 18.2. The third-order valence-electron chi connectivity index (χ3n) is 4.55. The molecule has 0 radical (unpaired) electrons. The average Bonchev–Trinajstić information content (AvgIpc) is 2.70. The molecule has 4 heteroatoms. The topological polar surface area (TPSA) is 45.2 Å². The summed E-state index contributed by atoms with van der Waals surface area (Å²) < 4.78 is 0. The van der Waals surface area contributed by atoms with Crippen LogP contribution < -0.4 is 5.32 Å². The number of carbonyl (C=O) groups is 1. The van der Waals surface area contributed by atoms with Gasteiger partial charge >= 0.3 is 0 Å². The molecule has 0 bridgehead atoms. The number of amides is 1. The van der Waals surface area contributed by atoms with Gasteiger partial charge in [-0.25, -0.2) is 0 Å². The van der Waals surface area contributed by atoms with Gasteiger partial charge in [0.1, 0.15) is 0 Å². The summed E-state index contributed by atoms with van der Waals surface area (Å²) in [5.41, 5.74) is 1.96. The molecule has 0 fully saturated rings. The lowest BCUT2D eigenvalue weighted by molar-refractivity contribution is 0.0953. The van der Waals surface area contributed by atoms with Gasteiger partial charge in [0.25, 0.3) is 5.91 Å². The Bertz CT molecular complexity index is 843. The van der Waals surface area contributed by atoms with E-state index in [2.05, 4.69) is 46.4 Å². The summed E-state index contributed by atoms with van der Waals surface area (Å²) in [6.07, 6.45) is 4.35. The number of benzene rings is 2. The van der Waals surface area contributed by atoms with Crippen molar-refractivity contribution in [3.63, 3.8) is 0 Å². The van der Waals surface area contributed by atoms with Crippen molar-refractivity contribution in [1.82, 2.24) is 15.2 Å². The second-order valence-corrected chi connectivity index (χ2v) is 6.37. The van der Waals surface area contributed by atoms with Crippen molar-refractivity contribution in [3.8, 4) is 0 Å². The molecule has 4 nitrogen and oxygen atoms in total. The van der Waals surface area contributed by atoms with Crippen LogP contribution in [0.1, 0.15) is 29.3 Å². The van der Waals surface area contributed by atoms with Crippen LogP contribution in [-0.4, -0.2) is 35.4 Å². The van der Waals surface area contributed by atoms with Gasteiger partial charge in [-0.1, -0.05) is 61.5 Å². The molecular weight excluding hydrogens is 322 g/mol. The lowest BCUT2D eigenvalue weighted by atomic mass is 10.1. The summed E-state index contributed by atoms with van der Waals surface area (Å²) in [4.78, 5) is 19.1. The van der Waals surface area contributed by atoms with E-state index in [0.717, 1.165) is 36.8 Å². The van der Waals surface area contributed by atoms with Gasteiger partial charge in [-0.05, 0) is 23.9 Å². The molecule has 3 aromatic rings. The van der Waals surface area contributed by atoms with Crippen LogP contribution in [0.4, 0.5) is 0 Å². The zero-order valence-corrected chi connectivity index (χ0v) is 15.2. The summed E-state index contributed by atoms with van der Waals surface area (Å²) in [5, 5.41) is 4.96. The molecule has 0 unspecified atom stereocenters. The first-order valence-corrected chi connectivity index (χ1v) is 9.15. The van der Waals surface area contributed by atoms with Gasteiger partial charge in [0, 0.05) is 37.4 Å². The Hall–Kier alpha value is -2.72. The molecule has 0 aliphatic carbocycles. The number of nitrogens with one attached hydrogen (secondary N) is 1. The van der Waals surface area contributed by atoms with Crippen LogP contribution in [0, 0.1) is 0 Å². The Kier molecular flexibility index (Phi) is 6.34. The van der Waals surface area contributed by atoms with Crippen LogP contribution in [0.2, 0.25) is 0 Å². The fourth-order valence-electron chi connectivity index (χ4n) is 3.09. The standard InChI is InChI=1S/C22H25N3O/c1-2-25(17-18-9-4-3-5-10-18)14-8-13-24-22(26)21-16-23-15-19-11-6-7-12-20(19)21/h3-7,9-12,15-16H,2,8,13-14,17H2,1H3,(H,24,26). The van der Waals surface area contributed by atoms with Crippen LogP contribution in [0.15, 0.2) is 67.0 Å². The lowest BCUT2D eigenvalue weighted by Crippen LogP contribution is -2.30. The SMILES string of the molecule is CCN(CCCNC(=O)c1cncc2ccccc12)Cc1ccccc1. The highest BCUT2D eigenvalue weighted by molar-refractivity contribution is 6.06. The van der Waals surface area contributed by atoms with Crippen molar-refractivity contribution >= 4 is 16.7 Å². The molecule has 0 aliphatic rings. The molecule has 134 valence electrons. The molecule has 1 N–H and O–H groups in total. The maximum Gasteiger partial charge on any atom is 0.253 e. The Morgan fingerprint density at radius 1 is 1.04 bits per heavy atom. The van der Waals surface area contributed by atoms with Gasteiger partial charge in [-0.2, -0.15) is 0 Å². The second-order valence-electron chi connectivity index (χ2n) is 6.37. The highest BCUT2D eigenvalue weighted by Gasteiger charge is 2.10. The van der Waals surface area contributed by atoms with E-state index in [1.165, 1.54) is 5.56 Å². The Morgan fingerprint density at radius 2 is 1.81 bits per heavy atom. The van der Waals surface area contributed by atoms with Gasteiger partial charge in [0.05, 0.1) is 5.56 Å². The molecule has 0 aliphatic heterocycles. The molecule has 0 saturated heterocycles. The number of nitrogens with zero attached hydrogens (tertiary/aromatic N) is 2. The first-order valence-electron chi connectivity index (χ1n) is 9.15. The van der Waals surface area contributed by atoms with E-state index in [-0.39, 0.29) is 5.91 Å². The number of fused-ring (bicyclic) bond motifs is 1. The van der Waals surface area contributed by atoms with Crippen molar-refractivity contribution in [2.75, 3.05) is 19.6 Å². The van der Waals surface area contributed by atoms with Gasteiger partial charge in [0.15, 0.2) is 0 Å². The van der Waals surface area contributed by atoms with Crippen LogP contribution in [0.3, 0.4) is 0 Å². The molecule has 1 amide bonds. The first-order chi connectivity index (χ1) is 12.8. The van der Waals surface area contributed by atoms with Crippen LogP contribution in [-0.2, 0) is 6.54 Å². The van der Waals surface area contributed by atoms with Crippen LogP contribution in [0.5, 0.6) is 0 Å². The minimum atomic E-state index is -0.0552. The van der Waals surface area contributed by atoms with Crippen molar-refractivity contribution in [1.29, 1.82) is 0 Å². The van der Waals surface area contributed by atoms with Crippen LogP contribution >= 0.6 is 0 Å². The van der Waals surface area contributed by atoms with Crippen LogP contribution in [0.25, 0.3) is 10.8 Å². The number of rotatable bonds is 8. The van der Waals surface area contributed by atoms with E-state index in [1.54, 1.807) is 12.4 Å². The molecule has 2 aromatic carbocycles. The third-order valence-corrected chi connectivity index (χ3v) is 4.55. The zero-order valence-electron chi connectivity index (χ0n) is 15.2. The minimum Gasteiger partial charge on any atom is -0.352 e. The highest BCUT2D eigenvalue weighted by atomic mass is 16.1. The molecule has 0 saturated carbocycles. The Morgan fingerprint density at radius 3 is 2.62 bits per heavy atom. The summed E-state index contributed by atoms with van der Waals surface area (Å²) in [5.74, 6) is -0.0552. The summed E-state index contributed by atoms with van der Waals surface area (Å²) in [6, 6.07) is 18.3. The van der Waals surface area contributed by atoms with E-state index < -0.39 is 0 Å². The molecule has 26 heavy (non-hydrogen) atoms. The summed E-state index contributed by atoms with van der Waals surface area (Å²) >= 11 is 0. The smallest absolute Gasteiger partial charge is 0.253 e. The first kappa shape index (κ1) is 18.1. The lowest BCUT2D eigenvalue weighted by Gasteiger charge is -2.20. The highest BCUT2D eigenvalue weighted by Crippen LogP contribution is 2.16. The quantitative estimate of drug-likeness (QED) is 0.629. The Balaban J connectivity index is 1.50. The molecule has 0 atom stereocenters. The van der Waals surface area contributed by atoms with E-state index >= 15 is 0 Å². The number of hydrogen-bond acceptors (Lipinski definition) is 3. The van der Waals surface area contributed by atoms with Gasteiger partial charge in [-0.15, -0.1) is 0 Å². The van der Waals surface area contributed by atoms with E-state index in [0.29, 0.717) is 12.1 Å². The van der Waals surface area contributed by atoms with E-state index in [4.69, 9.17) is 0 Å². The van der Waals surface area contributed by atoms with Crippen molar-refractivity contribution in [3.05, 3.63) is 78.1 Å². The largest absolute Gasteiger partial charge is 0.352 e. The fourth-order valence-corrected chi connectivity index (χ4v) is 3.09. The molecule has 1 heterocycles. The number of aromatic nitrogens is 1. The predicted octanol–water partition coefficient (Wildman–Crippen LogP) is 3.88. The average molecular weight is 347 g/mol. The van der Waals surface area contributed by atoms with E-state index in [1.807, 2.05) is 30.3 Å². The number of hydrogen-bond donors (Lipinski definition) is 1. The van der Waals surface area contributed by atoms with Crippen molar-refractivity contribution in [2.45, 2.75) is 19.9 Å². The maximum atomic E-state index is 12.5. The van der Waals surface area contributed by atoms with Crippen molar-refractivity contribution < 1.29 is 4.79 Å². The minimum absolute atomic E-state index is 0.0552. The molecule has 1 aromatic heterocycles. The maximum absolute atomic E-state index is 12.5. The number of carbonyl (C=O) groups excluding carboxylic acids is 1. The predicted molar refractivity (Wildman–Crippen MR) is 106 cm³/mol. The number of pyridine rings is 1.